The third-order valence-electron chi connectivity index (χ3n) is 4.58. The van der Waals surface area contributed by atoms with Gasteiger partial charge in [-0.3, -0.25) is 4.79 Å². The minimum absolute atomic E-state index is 0.0997. The molecule has 3 rings (SSSR count). The summed E-state index contributed by atoms with van der Waals surface area (Å²) in [5.74, 6) is 1.33. The molecule has 0 aliphatic rings. The van der Waals surface area contributed by atoms with E-state index in [1.165, 1.54) is 0 Å². The number of hydrogen-bond donors (Lipinski definition) is 0. The Balaban J connectivity index is 1.72. The number of carbonyl (C=O) groups is 1. The summed E-state index contributed by atoms with van der Waals surface area (Å²) in [6, 6.07) is 19.1. The number of halogens is 1. The zero-order valence-corrected chi connectivity index (χ0v) is 17.3. The van der Waals surface area contributed by atoms with Crippen LogP contribution in [0.25, 0.3) is 10.8 Å². The molecule has 5 heteroatoms. The second-order valence-corrected chi connectivity index (χ2v) is 7.71. The number of carbonyl (C=O) groups excluding carboxylic acids is 1. The van der Waals surface area contributed by atoms with Gasteiger partial charge in [-0.1, -0.05) is 29.8 Å². The lowest BCUT2D eigenvalue weighted by Gasteiger charge is -2.30. The van der Waals surface area contributed by atoms with Crippen LogP contribution in [0.1, 0.15) is 19.4 Å². The summed E-state index contributed by atoms with van der Waals surface area (Å²) in [5.41, 5.74) is 0.0584. The van der Waals surface area contributed by atoms with Crippen LogP contribution in [0.5, 0.6) is 11.5 Å². The second kappa shape index (κ2) is 8.11. The van der Waals surface area contributed by atoms with E-state index in [4.69, 9.17) is 21.1 Å². The van der Waals surface area contributed by atoms with Crippen molar-refractivity contribution in [1.82, 2.24) is 4.90 Å². The van der Waals surface area contributed by atoms with Crippen molar-refractivity contribution in [1.29, 1.82) is 0 Å². The van der Waals surface area contributed by atoms with Gasteiger partial charge in [-0.15, -0.1) is 0 Å². The first-order chi connectivity index (χ1) is 13.3. The molecule has 0 heterocycles. The van der Waals surface area contributed by atoms with E-state index in [0.29, 0.717) is 17.3 Å². The van der Waals surface area contributed by atoms with Crippen LogP contribution in [0.4, 0.5) is 0 Å². The van der Waals surface area contributed by atoms with Gasteiger partial charge in [0.2, 0.25) is 0 Å². The molecule has 0 aliphatic heterocycles. The number of nitrogens with zero attached hydrogens (tertiary/aromatic N) is 1. The third-order valence-corrected chi connectivity index (χ3v) is 4.83. The number of ether oxygens (including phenoxy) is 2. The molecule has 0 aromatic heterocycles. The number of amides is 1. The van der Waals surface area contributed by atoms with Crippen molar-refractivity contribution in [3.05, 3.63) is 71.2 Å². The summed E-state index contributed by atoms with van der Waals surface area (Å²) in [5, 5.41) is 2.84. The Morgan fingerprint density at radius 3 is 2.25 bits per heavy atom. The number of benzene rings is 3. The Bertz CT molecular complexity index is 983. The van der Waals surface area contributed by atoms with Crippen molar-refractivity contribution in [2.75, 3.05) is 14.2 Å². The summed E-state index contributed by atoms with van der Waals surface area (Å²) in [4.78, 5) is 14.6. The monoisotopic (exact) mass is 397 g/mol. The molecule has 0 unspecified atom stereocenters. The lowest BCUT2D eigenvalue weighted by molar-refractivity contribution is -0.144. The highest BCUT2D eigenvalue weighted by molar-refractivity contribution is 6.30. The van der Waals surface area contributed by atoms with E-state index < -0.39 is 5.60 Å². The molecule has 0 spiro atoms. The minimum atomic E-state index is -0.993. The van der Waals surface area contributed by atoms with Gasteiger partial charge in [-0.25, -0.2) is 0 Å². The van der Waals surface area contributed by atoms with Crippen LogP contribution >= 0.6 is 11.6 Å². The van der Waals surface area contributed by atoms with Crippen molar-refractivity contribution in [3.63, 3.8) is 0 Å². The smallest absolute Gasteiger partial charge is 0.266 e. The zero-order valence-electron chi connectivity index (χ0n) is 16.5. The van der Waals surface area contributed by atoms with Crippen molar-refractivity contribution < 1.29 is 14.3 Å². The Hall–Kier alpha value is -2.72. The predicted octanol–water partition coefficient (Wildman–Crippen LogP) is 5.32. The first-order valence-corrected chi connectivity index (χ1v) is 9.43. The normalized spacial score (nSPS) is 11.3. The van der Waals surface area contributed by atoms with Crippen LogP contribution in [0.2, 0.25) is 5.02 Å². The zero-order chi connectivity index (χ0) is 20.3. The quantitative estimate of drug-likeness (QED) is 0.565. The predicted molar refractivity (Wildman–Crippen MR) is 113 cm³/mol. The van der Waals surface area contributed by atoms with Gasteiger partial charge < -0.3 is 14.4 Å². The van der Waals surface area contributed by atoms with Crippen LogP contribution in [0, 0.1) is 0 Å². The van der Waals surface area contributed by atoms with Crippen molar-refractivity contribution in [2.45, 2.75) is 26.0 Å². The molecule has 146 valence electrons. The number of rotatable bonds is 6. The van der Waals surface area contributed by atoms with Gasteiger partial charge >= 0.3 is 0 Å². The van der Waals surface area contributed by atoms with Crippen LogP contribution in [-0.4, -0.2) is 30.6 Å². The van der Waals surface area contributed by atoms with Gasteiger partial charge in [0, 0.05) is 18.6 Å². The first kappa shape index (κ1) is 20.0. The highest BCUT2D eigenvalue weighted by Gasteiger charge is 2.32. The van der Waals surface area contributed by atoms with Crippen LogP contribution < -0.4 is 9.47 Å². The van der Waals surface area contributed by atoms with Gasteiger partial charge in [0.15, 0.2) is 5.60 Å². The van der Waals surface area contributed by atoms with E-state index in [2.05, 4.69) is 6.07 Å². The lowest BCUT2D eigenvalue weighted by Crippen LogP contribution is -2.47. The number of likely N-dealkylation sites (N-methyl/N-ethyl adjacent to an activating group) is 1. The van der Waals surface area contributed by atoms with Crippen molar-refractivity contribution in [3.8, 4) is 11.5 Å². The molecule has 0 radical (unpaired) electrons. The summed E-state index contributed by atoms with van der Waals surface area (Å²) in [7, 11) is 3.44. The van der Waals surface area contributed by atoms with E-state index in [0.717, 1.165) is 22.1 Å². The Kier molecular flexibility index (Phi) is 5.80. The van der Waals surface area contributed by atoms with Gasteiger partial charge in [0.25, 0.3) is 5.91 Å². The molecule has 0 atom stereocenters. The average Bonchev–Trinajstić information content (AvgIpc) is 2.68. The second-order valence-electron chi connectivity index (χ2n) is 7.27. The molecular formula is C23H24ClNO3. The maximum Gasteiger partial charge on any atom is 0.266 e. The molecule has 0 fully saturated rings. The lowest BCUT2D eigenvalue weighted by atomic mass is 10.0. The van der Waals surface area contributed by atoms with Gasteiger partial charge in [0.05, 0.1) is 7.11 Å². The summed E-state index contributed by atoms with van der Waals surface area (Å²) >= 11 is 5.91. The molecule has 0 aliphatic carbocycles. The van der Waals surface area contributed by atoms with Crippen LogP contribution in [0.15, 0.2) is 60.7 Å². The maximum atomic E-state index is 12.9. The van der Waals surface area contributed by atoms with E-state index in [9.17, 15) is 4.79 Å². The van der Waals surface area contributed by atoms with Gasteiger partial charge in [0.1, 0.15) is 11.5 Å². The van der Waals surface area contributed by atoms with E-state index >= 15 is 0 Å². The van der Waals surface area contributed by atoms with Gasteiger partial charge in [-0.05, 0) is 72.6 Å². The molecule has 3 aromatic carbocycles. The number of methoxy groups -OCH3 is 1. The molecule has 28 heavy (non-hydrogen) atoms. The number of fused-ring (bicyclic) bond motifs is 1. The molecule has 0 bridgehead atoms. The largest absolute Gasteiger partial charge is 0.497 e. The summed E-state index contributed by atoms with van der Waals surface area (Å²) in [6.45, 7) is 4.04. The SMILES string of the molecule is COc1ccc2cc(CN(C)C(=O)C(C)(C)Oc3ccc(Cl)cc3)ccc2c1. The third kappa shape index (κ3) is 4.57. The standard InChI is InChI=1S/C23H24ClNO3/c1-23(2,28-20-11-8-19(24)9-12-20)22(26)25(3)15-16-5-6-18-14-21(27-4)10-7-17(18)13-16/h5-14H,15H2,1-4H3. The van der Waals surface area contributed by atoms with Gasteiger partial charge in [-0.2, -0.15) is 0 Å². The van der Waals surface area contributed by atoms with Crippen molar-refractivity contribution >= 4 is 28.3 Å². The van der Waals surface area contributed by atoms with Crippen molar-refractivity contribution in [2.24, 2.45) is 0 Å². The fourth-order valence-corrected chi connectivity index (χ4v) is 3.27. The highest BCUT2D eigenvalue weighted by Crippen LogP contribution is 2.24. The first-order valence-electron chi connectivity index (χ1n) is 9.05. The van der Waals surface area contributed by atoms with E-state index in [1.54, 1.807) is 57.2 Å². The fourth-order valence-electron chi connectivity index (χ4n) is 3.14. The maximum absolute atomic E-state index is 12.9. The molecule has 0 saturated carbocycles. The molecule has 0 N–H and O–H groups in total. The number of hydrogen-bond acceptors (Lipinski definition) is 3. The average molecular weight is 398 g/mol. The Labute approximate surface area is 170 Å². The van der Waals surface area contributed by atoms with Crippen LogP contribution in [0.3, 0.4) is 0 Å². The van der Waals surface area contributed by atoms with E-state index in [-0.39, 0.29) is 5.91 Å². The summed E-state index contributed by atoms with van der Waals surface area (Å²) in [6.07, 6.45) is 0. The minimum Gasteiger partial charge on any atom is -0.497 e. The molecule has 1 amide bonds. The molecular weight excluding hydrogens is 374 g/mol. The molecule has 0 saturated heterocycles. The highest BCUT2D eigenvalue weighted by atomic mass is 35.5. The Morgan fingerprint density at radius 1 is 0.964 bits per heavy atom. The van der Waals surface area contributed by atoms with Crippen LogP contribution in [-0.2, 0) is 11.3 Å². The van der Waals surface area contributed by atoms with E-state index in [1.807, 2.05) is 30.3 Å². The summed E-state index contributed by atoms with van der Waals surface area (Å²) < 4.78 is 11.2. The molecule has 4 nitrogen and oxygen atoms in total. The topological polar surface area (TPSA) is 38.8 Å². The molecule has 3 aromatic rings. The fraction of sp³-hybridized carbons (Fsp3) is 0.261. The Morgan fingerprint density at radius 2 is 1.57 bits per heavy atom.